The Morgan fingerprint density at radius 2 is 2.11 bits per heavy atom. The zero-order chi connectivity index (χ0) is 20.7. The van der Waals surface area contributed by atoms with Gasteiger partial charge < -0.3 is 20.1 Å². The second-order valence-corrected chi connectivity index (χ2v) is 6.73. The summed E-state index contributed by atoms with van der Waals surface area (Å²) in [5.74, 6) is -0.0990. The average molecular weight is 388 g/mol. The molecule has 0 amide bonds. The highest BCUT2D eigenvalue weighted by Gasteiger charge is 2.26. The van der Waals surface area contributed by atoms with Crippen molar-refractivity contribution in [2.45, 2.75) is 39.7 Å². The van der Waals surface area contributed by atoms with Crippen molar-refractivity contribution in [2.24, 2.45) is 10.7 Å². The molecule has 1 aromatic rings. The molecule has 0 bridgehead atoms. The average Bonchev–Trinajstić information content (AvgIpc) is 2.68. The van der Waals surface area contributed by atoms with Crippen LogP contribution in [0.4, 0.5) is 5.82 Å². The summed E-state index contributed by atoms with van der Waals surface area (Å²) in [6.45, 7) is 7.09. The number of nitrogens with two attached hydrogens (primary N) is 1. The van der Waals surface area contributed by atoms with Crippen LogP contribution in [0.2, 0.25) is 0 Å². The van der Waals surface area contributed by atoms with Crippen molar-refractivity contribution >= 4 is 23.5 Å². The largest absolute Gasteiger partial charge is 0.469 e. The Bertz CT molecular complexity index is 769. The fourth-order valence-electron chi connectivity index (χ4n) is 2.92. The maximum Gasteiger partial charge on any atom is 0.354 e. The Kier molecular flexibility index (Phi) is 7.54. The molecule has 0 unspecified atom stereocenters. The lowest BCUT2D eigenvalue weighted by molar-refractivity contribution is -0.140. The van der Waals surface area contributed by atoms with Gasteiger partial charge in [0.1, 0.15) is 11.5 Å². The fraction of sp³-hybridized carbons (Fsp3) is 0.500. The number of pyridine rings is 1. The SMILES string of the molecule is CCOC(=O)/C(N)=C1\CN(c2ccc(CC(=O)OC)cn2)CCC1=NC(C)C. The van der Waals surface area contributed by atoms with Gasteiger partial charge in [-0.3, -0.25) is 9.79 Å². The van der Waals surface area contributed by atoms with Gasteiger partial charge in [0, 0.05) is 43.0 Å². The molecular formula is C20H28N4O4. The number of carbonyl (C=O) groups excluding carboxylic acids is 2. The Hall–Kier alpha value is -2.90. The topological polar surface area (TPSA) is 107 Å². The van der Waals surface area contributed by atoms with Crippen molar-refractivity contribution in [3.05, 3.63) is 35.2 Å². The van der Waals surface area contributed by atoms with Gasteiger partial charge in [0.2, 0.25) is 0 Å². The van der Waals surface area contributed by atoms with E-state index in [0.717, 1.165) is 17.1 Å². The summed E-state index contributed by atoms with van der Waals surface area (Å²) in [5, 5.41) is 0. The second-order valence-electron chi connectivity index (χ2n) is 6.73. The number of esters is 2. The van der Waals surface area contributed by atoms with Crippen LogP contribution in [0.5, 0.6) is 0 Å². The molecule has 8 heteroatoms. The Balaban J connectivity index is 2.26. The minimum absolute atomic E-state index is 0.0910. The maximum absolute atomic E-state index is 12.2. The zero-order valence-corrected chi connectivity index (χ0v) is 16.9. The quantitative estimate of drug-likeness (QED) is 0.583. The molecule has 1 aliphatic rings. The van der Waals surface area contributed by atoms with Gasteiger partial charge in [-0.1, -0.05) is 6.07 Å². The van der Waals surface area contributed by atoms with E-state index in [1.807, 2.05) is 30.9 Å². The van der Waals surface area contributed by atoms with Crippen LogP contribution in [0, 0.1) is 0 Å². The molecule has 0 saturated carbocycles. The number of methoxy groups -OCH3 is 1. The summed E-state index contributed by atoms with van der Waals surface area (Å²) in [7, 11) is 1.36. The van der Waals surface area contributed by atoms with Crippen LogP contribution in [0.3, 0.4) is 0 Å². The lowest BCUT2D eigenvalue weighted by Crippen LogP contribution is -2.39. The van der Waals surface area contributed by atoms with Crippen LogP contribution in [-0.4, -0.2) is 55.5 Å². The number of aromatic nitrogens is 1. The number of piperidine rings is 1. The minimum Gasteiger partial charge on any atom is -0.469 e. The maximum atomic E-state index is 12.2. The normalized spacial score (nSPS) is 17.6. The molecule has 1 aliphatic heterocycles. The molecule has 0 aliphatic carbocycles. The van der Waals surface area contributed by atoms with Crippen LogP contribution in [0.25, 0.3) is 0 Å². The third kappa shape index (κ3) is 5.55. The van der Waals surface area contributed by atoms with Gasteiger partial charge in [-0.2, -0.15) is 0 Å². The van der Waals surface area contributed by atoms with Gasteiger partial charge >= 0.3 is 11.9 Å². The standard InChI is InChI=1S/C20H28N4O4/c1-5-28-20(26)19(21)15-12-24(9-8-16(15)23-13(2)3)17-7-6-14(11-22-17)10-18(25)27-4/h6-7,11,13H,5,8-10,12,21H2,1-4H3/b19-15-,23-16?. The van der Waals surface area contributed by atoms with Crippen LogP contribution in [0.1, 0.15) is 32.8 Å². The summed E-state index contributed by atoms with van der Waals surface area (Å²) < 4.78 is 9.73. The van der Waals surface area contributed by atoms with E-state index in [1.165, 1.54) is 7.11 Å². The highest BCUT2D eigenvalue weighted by atomic mass is 16.5. The molecule has 2 heterocycles. The summed E-state index contributed by atoms with van der Waals surface area (Å²) >= 11 is 0. The van der Waals surface area contributed by atoms with Crippen molar-refractivity contribution in [3.63, 3.8) is 0 Å². The molecular weight excluding hydrogens is 360 g/mol. The number of anilines is 1. The molecule has 2 rings (SSSR count). The monoisotopic (exact) mass is 388 g/mol. The molecule has 0 aromatic carbocycles. The molecule has 1 saturated heterocycles. The first-order valence-corrected chi connectivity index (χ1v) is 9.35. The van der Waals surface area contributed by atoms with Gasteiger partial charge in [-0.15, -0.1) is 0 Å². The van der Waals surface area contributed by atoms with Crippen molar-refractivity contribution in [1.82, 2.24) is 4.98 Å². The fourth-order valence-corrected chi connectivity index (χ4v) is 2.92. The van der Waals surface area contributed by atoms with E-state index < -0.39 is 5.97 Å². The Morgan fingerprint density at radius 3 is 2.68 bits per heavy atom. The predicted octanol–water partition coefficient (Wildman–Crippen LogP) is 1.63. The molecule has 0 radical (unpaired) electrons. The van der Waals surface area contributed by atoms with E-state index in [2.05, 4.69) is 14.7 Å². The van der Waals surface area contributed by atoms with Gasteiger partial charge in [0.05, 0.1) is 20.1 Å². The lowest BCUT2D eigenvalue weighted by Gasteiger charge is -2.31. The number of hydrogen-bond donors (Lipinski definition) is 1. The van der Waals surface area contributed by atoms with Gasteiger partial charge in [0.15, 0.2) is 0 Å². The number of nitrogens with zero attached hydrogens (tertiary/aromatic N) is 3. The highest BCUT2D eigenvalue weighted by Crippen LogP contribution is 2.22. The van der Waals surface area contributed by atoms with E-state index in [4.69, 9.17) is 10.5 Å². The third-order valence-electron chi connectivity index (χ3n) is 4.26. The smallest absolute Gasteiger partial charge is 0.354 e. The van der Waals surface area contributed by atoms with Crippen LogP contribution in [-0.2, 0) is 25.5 Å². The predicted molar refractivity (Wildman–Crippen MR) is 107 cm³/mol. The number of rotatable bonds is 6. The van der Waals surface area contributed by atoms with Crippen molar-refractivity contribution in [2.75, 3.05) is 31.7 Å². The molecule has 0 spiro atoms. The molecule has 28 heavy (non-hydrogen) atoms. The molecule has 0 atom stereocenters. The second kappa shape index (κ2) is 9.87. The van der Waals surface area contributed by atoms with E-state index >= 15 is 0 Å². The third-order valence-corrected chi connectivity index (χ3v) is 4.26. The van der Waals surface area contributed by atoms with Crippen LogP contribution in [0.15, 0.2) is 34.6 Å². The zero-order valence-electron chi connectivity index (χ0n) is 16.9. The lowest BCUT2D eigenvalue weighted by atomic mass is 9.99. The number of hydrogen-bond acceptors (Lipinski definition) is 8. The van der Waals surface area contributed by atoms with Crippen molar-refractivity contribution in [1.29, 1.82) is 0 Å². The van der Waals surface area contributed by atoms with E-state index in [0.29, 0.717) is 25.1 Å². The first-order chi connectivity index (χ1) is 13.3. The Labute approximate surface area is 165 Å². The summed E-state index contributed by atoms with van der Waals surface area (Å²) in [6.07, 6.45) is 2.48. The first-order valence-electron chi connectivity index (χ1n) is 9.35. The Morgan fingerprint density at radius 1 is 1.36 bits per heavy atom. The number of carbonyl (C=O) groups is 2. The minimum atomic E-state index is -0.530. The van der Waals surface area contributed by atoms with Crippen LogP contribution >= 0.6 is 0 Å². The highest BCUT2D eigenvalue weighted by molar-refractivity contribution is 6.08. The molecule has 1 fully saturated rings. The van der Waals surface area contributed by atoms with Crippen molar-refractivity contribution in [3.8, 4) is 0 Å². The first kappa shape index (κ1) is 21.4. The molecule has 152 valence electrons. The summed E-state index contributed by atoms with van der Waals surface area (Å²) in [6, 6.07) is 3.79. The van der Waals surface area contributed by atoms with Gasteiger partial charge in [-0.05, 0) is 32.4 Å². The number of ether oxygens (including phenoxy) is 2. The van der Waals surface area contributed by atoms with Crippen LogP contribution < -0.4 is 10.6 Å². The molecule has 1 aromatic heterocycles. The van der Waals surface area contributed by atoms with E-state index in [9.17, 15) is 9.59 Å². The van der Waals surface area contributed by atoms with E-state index in [-0.39, 0.29) is 30.7 Å². The number of aliphatic imine (C=N–C) groups is 1. The van der Waals surface area contributed by atoms with Gasteiger partial charge in [0.25, 0.3) is 0 Å². The summed E-state index contributed by atoms with van der Waals surface area (Å²) in [4.78, 5) is 34.7. The van der Waals surface area contributed by atoms with Crippen molar-refractivity contribution < 1.29 is 19.1 Å². The summed E-state index contributed by atoms with van der Waals surface area (Å²) in [5.41, 5.74) is 8.48. The van der Waals surface area contributed by atoms with E-state index in [1.54, 1.807) is 13.1 Å². The molecule has 8 nitrogen and oxygen atoms in total. The van der Waals surface area contributed by atoms with Gasteiger partial charge in [-0.25, -0.2) is 9.78 Å². The molecule has 2 N–H and O–H groups in total.